The number of rotatable bonds is 10. The Labute approximate surface area is 188 Å². The minimum absolute atomic E-state index is 0.128. The number of nitrogens with one attached hydrogen (secondary N) is 3. The molecule has 0 bridgehead atoms. The van der Waals surface area contributed by atoms with Gasteiger partial charge in [0.25, 0.3) is 11.6 Å². The molecule has 0 unspecified atom stereocenters. The molecule has 0 spiro atoms. The van der Waals surface area contributed by atoms with Gasteiger partial charge in [-0.2, -0.15) is 4.72 Å². The summed E-state index contributed by atoms with van der Waals surface area (Å²) >= 11 is 0. The van der Waals surface area contributed by atoms with E-state index in [0.29, 0.717) is 11.5 Å². The lowest BCUT2D eigenvalue weighted by Gasteiger charge is -2.09. The molecule has 0 saturated heterocycles. The highest BCUT2D eigenvalue weighted by atomic mass is 32.2. The van der Waals surface area contributed by atoms with Gasteiger partial charge in [-0.25, -0.2) is 8.42 Å². The van der Waals surface area contributed by atoms with E-state index in [4.69, 9.17) is 14.2 Å². The summed E-state index contributed by atoms with van der Waals surface area (Å²) in [6, 6.07) is 8.39. The van der Waals surface area contributed by atoms with E-state index in [1.165, 1.54) is 13.1 Å². The van der Waals surface area contributed by atoms with Crippen molar-refractivity contribution in [2.24, 2.45) is 0 Å². The van der Waals surface area contributed by atoms with Crippen LogP contribution in [0.25, 0.3) is 0 Å². The lowest BCUT2D eigenvalue weighted by molar-refractivity contribution is -0.384. The number of anilines is 1. The lowest BCUT2D eigenvalue weighted by atomic mass is 10.2. The van der Waals surface area contributed by atoms with Crippen LogP contribution in [0.1, 0.15) is 5.56 Å². The van der Waals surface area contributed by atoms with Gasteiger partial charge in [0, 0.05) is 19.7 Å². The summed E-state index contributed by atoms with van der Waals surface area (Å²) in [7, 11) is -2.78. The maximum atomic E-state index is 12.3. The van der Waals surface area contributed by atoms with E-state index in [1.54, 1.807) is 18.2 Å². The summed E-state index contributed by atoms with van der Waals surface area (Å²) in [6.45, 7) is -1.10. The number of hydrogen-bond acceptors (Lipinski definition) is 10. The maximum absolute atomic E-state index is 12.3. The van der Waals surface area contributed by atoms with Crippen LogP contribution in [0.2, 0.25) is 0 Å². The summed E-state index contributed by atoms with van der Waals surface area (Å²) in [5.41, 5.74) is 0.428. The molecule has 3 N–H and O–H groups in total. The van der Waals surface area contributed by atoms with Gasteiger partial charge in [0.1, 0.15) is 12.2 Å². The molecule has 176 valence electrons. The monoisotopic (exact) mass is 480 g/mol. The van der Waals surface area contributed by atoms with Crippen molar-refractivity contribution in [2.75, 3.05) is 32.3 Å². The second-order valence-electron chi connectivity index (χ2n) is 6.64. The van der Waals surface area contributed by atoms with Gasteiger partial charge in [0.05, 0.1) is 9.82 Å². The molecule has 2 aromatic carbocycles. The number of nitrogens with zero attached hydrogens (tertiary/aromatic N) is 1. The van der Waals surface area contributed by atoms with Crippen molar-refractivity contribution >= 4 is 33.3 Å². The first-order valence-electron chi connectivity index (χ1n) is 9.46. The molecule has 1 aliphatic rings. The standard InChI is InChI=1S/C19H20N4O9S/c1-20-14-4-3-13(7-15(14)23(26)27)33(28,29)22-9-19(25)30-10-18(24)21-8-12-2-5-16-17(6-12)32-11-31-16/h2-7,20,22H,8-11H2,1H3,(H,21,24). The van der Waals surface area contributed by atoms with Crippen LogP contribution in [0.5, 0.6) is 11.5 Å². The summed E-state index contributed by atoms with van der Waals surface area (Å²) in [4.78, 5) is 33.7. The van der Waals surface area contributed by atoms with E-state index in [9.17, 15) is 28.1 Å². The minimum atomic E-state index is -4.23. The molecule has 14 heteroatoms. The van der Waals surface area contributed by atoms with Crippen molar-refractivity contribution in [3.8, 4) is 11.5 Å². The Kier molecular flexibility index (Phi) is 7.30. The van der Waals surface area contributed by atoms with E-state index in [0.717, 1.165) is 17.7 Å². The number of sulfonamides is 1. The SMILES string of the molecule is CNc1ccc(S(=O)(=O)NCC(=O)OCC(=O)NCc2ccc3c(c2)OCO3)cc1[N+](=O)[O-]. The second-order valence-corrected chi connectivity index (χ2v) is 8.40. The molecule has 0 atom stereocenters. The first kappa shape index (κ1) is 23.7. The molecule has 1 aliphatic heterocycles. The average molecular weight is 480 g/mol. The third kappa shape index (κ3) is 6.08. The molecule has 0 saturated carbocycles. The molecule has 0 aromatic heterocycles. The number of ether oxygens (including phenoxy) is 3. The molecule has 1 heterocycles. The molecule has 1 amide bonds. The fourth-order valence-corrected chi connectivity index (χ4v) is 3.77. The smallest absolute Gasteiger partial charge is 0.321 e. The average Bonchev–Trinajstić information content (AvgIpc) is 3.27. The Morgan fingerprint density at radius 1 is 1.15 bits per heavy atom. The van der Waals surface area contributed by atoms with Gasteiger partial charge >= 0.3 is 5.97 Å². The second kappa shape index (κ2) is 10.1. The van der Waals surface area contributed by atoms with Crippen molar-refractivity contribution in [2.45, 2.75) is 11.4 Å². The number of benzene rings is 2. The van der Waals surface area contributed by atoms with Gasteiger partial charge in [0.2, 0.25) is 16.8 Å². The molecule has 13 nitrogen and oxygen atoms in total. The topological polar surface area (TPSA) is 175 Å². The van der Waals surface area contributed by atoms with Crippen LogP contribution in [0, 0.1) is 10.1 Å². The zero-order chi connectivity index (χ0) is 24.0. The normalized spacial score (nSPS) is 12.2. The summed E-state index contributed by atoms with van der Waals surface area (Å²) in [5.74, 6) is -0.430. The number of hydrogen-bond donors (Lipinski definition) is 3. The van der Waals surface area contributed by atoms with Crippen molar-refractivity contribution in [3.63, 3.8) is 0 Å². The predicted molar refractivity (Wildman–Crippen MR) is 113 cm³/mol. The summed E-state index contributed by atoms with van der Waals surface area (Å²) < 4.78 is 41.8. The van der Waals surface area contributed by atoms with E-state index in [1.807, 2.05) is 4.72 Å². The van der Waals surface area contributed by atoms with Crippen LogP contribution < -0.4 is 24.8 Å². The molecule has 0 radical (unpaired) electrons. The van der Waals surface area contributed by atoms with Crippen LogP contribution in [0.15, 0.2) is 41.3 Å². The van der Waals surface area contributed by atoms with Crippen molar-refractivity contribution in [1.82, 2.24) is 10.0 Å². The predicted octanol–water partition coefficient (Wildman–Crippen LogP) is 0.503. The highest BCUT2D eigenvalue weighted by Crippen LogP contribution is 2.32. The molecule has 33 heavy (non-hydrogen) atoms. The fourth-order valence-electron chi connectivity index (χ4n) is 2.78. The number of fused-ring (bicyclic) bond motifs is 1. The Bertz CT molecular complexity index is 1180. The molecule has 3 rings (SSSR count). The van der Waals surface area contributed by atoms with Crippen LogP contribution in [0.4, 0.5) is 11.4 Å². The van der Waals surface area contributed by atoms with E-state index in [2.05, 4.69) is 10.6 Å². The zero-order valence-corrected chi connectivity index (χ0v) is 18.1. The molecular weight excluding hydrogens is 460 g/mol. The maximum Gasteiger partial charge on any atom is 0.321 e. The van der Waals surface area contributed by atoms with Crippen LogP contribution in [-0.4, -0.2) is 52.2 Å². The number of amides is 1. The number of carbonyl (C=O) groups is 2. The fraction of sp³-hybridized carbons (Fsp3) is 0.263. The Morgan fingerprint density at radius 2 is 1.91 bits per heavy atom. The third-order valence-electron chi connectivity index (χ3n) is 4.44. The third-order valence-corrected chi connectivity index (χ3v) is 5.84. The zero-order valence-electron chi connectivity index (χ0n) is 17.3. The van der Waals surface area contributed by atoms with Gasteiger partial charge in [-0.1, -0.05) is 6.07 Å². The molecular formula is C19H20N4O9S. The van der Waals surface area contributed by atoms with Crippen LogP contribution in [-0.2, 0) is 30.9 Å². The van der Waals surface area contributed by atoms with Crippen LogP contribution in [0.3, 0.4) is 0 Å². The van der Waals surface area contributed by atoms with Gasteiger partial charge in [-0.05, 0) is 29.8 Å². The molecule has 2 aromatic rings. The first-order chi connectivity index (χ1) is 15.7. The van der Waals surface area contributed by atoms with Gasteiger partial charge < -0.3 is 24.8 Å². The van der Waals surface area contributed by atoms with Gasteiger partial charge in [0.15, 0.2) is 18.1 Å². The Hall–Kier alpha value is -3.91. The number of esters is 1. The van der Waals surface area contributed by atoms with Crippen molar-refractivity contribution < 1.29 is 37.1 Å². The van der Waals surface area contributed by atoms with E-state index >= 15 is 0 Å². The number of carbonyl (C=O) groups excluding carboxylic acids is 2. The quantitative estimate of drug-likeness (QED) is 0.247. The summed E-state index contributed by atoms with van der Waals surface area (Å²) in [5, 5.41) is 16.2. The molecule has 0 aliphatic carbocycles. The Balaban J connectivity index is 1.46. The summed E-state index contributed by atoms with van der Waals surface area (Å²) in [6.07, 6.45) is 0. The van der Waals surface area contributed by atoms with Gasteiger partial charge in [-0.3, -0.25) is 19.7 Å². The van der Waals surface area contributed by atoms with E-state index in [-0.39, 0.29) is 19.0 Å². The van der Waals surface area contributed by atoms with Crippen molar-refractivity contribution in [3.05, 3.63) is 52.1 Å². The van der Waals surface area contributed by atoms with E-state index < -0.39 is 50.6 Å². The lowest BCUT2D eigenvalue weighted by Crippen LogP contribution is -2.33. The Morgan fingerprint density at radius 3 is 2.64 bits per heavy atom. The minimum Gasteiger partial charge on any atom is -0.455 e. The number of nitro groups is 1. The highest BCUT2D eigenvalue weighted by molar-refractivity contribution is 7.89. The largest absolute Gasteiger partial charge is 0.455 e. The van der Waals surface area contributed by atoms with Crippen LogP contribution >= 0.6 is 0 Å². The molecule has 0 fully saturated rings. The van der Waals surface area contributed by atoms with Gasteiger partial charge in [-0.15, -0.1) is 0 Å². The number of nitro benzene ring substituents is 1. The first-order valence-corrected chi connectivity index (χ1v) is 10.9. The highest BCUT2D eigenvalue weighted by Gasteiger charge is 2.22. The van der Waals surface area contributed by atoms with Crippen molar-refractivity contribution in [1.29, 1.82) is 0 Å².